The van der Waals surface area contributed by atoms with Gasteiger partial charge in [-0.2, -0.15) is 0 Å². The van der Waals surface area contributed by atoms with Crippen LogP contribution < -0.4 is 0 Å². The SMILES string of the molecule is O=[N+]([O-])c1ccc(S[C@@H]2OC(CO)[C@@H](O)[C@H](O)[C@H]2O)cc1. The van der Waals surface area contributed by atoms with Gasteiger partial charge in [0.05, 0.1) is 11.5 Å². The summed E-state index contributed by atoms with van der Waals surface area (Å²) in [6.07, 6.45) is -5.16. The predicted molar refractivity (Wildman–Crippen MR) is 72.7 cm³/mol. The molecule has 21 heavy (non-hydrogen) atoms. The van der Waals surface area contributed by atoms with Crippen molar-refractivity contribution in [3.63, 3.8) is 0 Å². The van der Waals surface area contributed by atoms with Gasteiger partial charge in [-0.15, -0.1) is 0 Å². The fraction of sp³-hybridized carbons (Fsp3) is 0.500. The zero-order chi connectivity index (χ0) is 15.6. The van der Waals surface area contributed by atoms with Crippen LogP contribution in [0.3, 0.4) is 0 Å². The first kappa shape index (κ1) is 16.1. The molecule has 1 heterocycles. The minimum Gasteiger partial charge on any atom is -0.394 e. The largest absolute Gasteiger partial charge is 0.394 e. The number of hydrogen-bond donors (Lipinski definition) is 4. The number of hydrogen-bond acceptors (Lipinski definition) is 8. The molecule has 0 radical (unpaired) electrons. The Balaban J connectivity index is 2.08. The maximum atomic E-state index is 10.6. The van der Waals surface area contributed by atoms with Crippen molar-refractivity contribution < 1.29 is 30.1 Å². The first-order valence-corrected chi connectivity index (χ1v) is 7.03. The first-order valence-electron chi connectivity index (χ1n) is 6.15. The Bertz CT molecular complexity index is 495. The highest BCUT2D eigenvalue weighted by atomic mass is 32.2. The highest BCUT2D eigenvalue weighted by Gasteiger charge is 2.43. The minimum absolute atomic E-state index is 0.0619. The van der Waals surface area contributed by atoms with Crippen molar-refractivity contribution in [1.29, 1.82) is 0 Å². The first-order chi connectivity index (χ1) is 9.93. The maximum Gasteiger partial charge on any atom is 0.269 e. The lowest BCUT2D eigenvalue weighted by Gasteiger charge is -2.39. The van der Waals surface area contributed by atoms with Crippen LogP contribution in [0.15, 0.2) is 29.2 Å². The van der Waals surface area contributed by atoms with Crippen LogP contribution >= 0.6 is 11.8 Å². The molecule has 0 spiro atoms. The molecule has 1 aromatic carbocycles. The summed E-state index contributed by atoms with van der Waals surface area (Å²) in [7, 11) is 0. The number of nitro groups is 1. The molecular formula is C12H15NO7S. The fourth-order valence-corrected chi connectivity index (χ4v) is 3.01. The van der Waals surface area contributed by atoms with E-state index in [1.165, 1.54) is 24.3 Å². The molecule has 2 rings (SSSR count). The summed E-state index contributed by atoms with van der Waals surface area (Å²) in [4.78, 5) is 10.6. The lowest BCUT2D eigenvalue weighted by atomic mass is 10.0. The molecule has 1 aliphatic rings. The van der Waals surface area contributed by atoms with Crippen LogP contribution in [0.4, 0.5) is 5.69 Å². The van der Waals surface area contributed by atoms with Gasteiger partial charge in [-0.1, -0.05) is 11.8 Å². The van der Waals surface area contributed by atoms with Crippen LogP contribution in [0.25, 0.3) is 0 Å². The number of benzene rings is 1. The highest BCUT2D eigenvalue weighted by molar-refractivity contribution is 7.99. The van der Waals surface area contributed by atoms with Crippen LogP contribution in [0.2, 0.25) is 0 Å². The average molecular weight is 317 g/mol. The summed E-state index contributed by atoms with van der Waals surface area (Å²) in [6.45, 7) is -0.498. The molecule has 9 heteroatoms. The number of aliphatic hydroxyl groups excluding tert-OH is 4. The van der Waals surface area contributed by atoms with E-state index in [0.29, 0.717) is 4.90 Å². The second-order valence-corrected chi connectivity index (χ2v) is 5.74. The van der Waals surface area contributed by atoms with Crippen molar-refractivity contribution in [1.82, 2.24) is 0 Å². The third kappa shape index (κ3) is 3.51. The van der Waals surface area contributed by atoms with Gasteiger partial charge < -0.3 is 25.2 Å². The molecule has 1 fully saturated rings. The standard InChI is InChI=1S/C12H15NO7S/c14-5-8-9(15)10(16)11(17)12(20-8)21-7-3-1-6(2-4-7)13(18)19/h1-4,8-12,14-17H,5H2/t8?,9-,10+,11-,12+/m1/s1. The average Bonchev–Trinajstić information content (AvgIpc) is 2.48. The van der Waals surface area contributed by atoms with Gasteiger partial charge in [-0.25, -0.2) is 0 Å². The van der Waals surface area contributed by atoms with Crippen molar-refractivity contribution in [3.8, 4) is 0 Å². The van der Waals surface area contributed by atoms with E-state index in [4.69, 9.17) is 9.84 Å². The van der Waals surface area contributed by atoms with E-state index < -0.39 is 41.4 Å². The number of non-ortho nitro benzene ring substituents is 1. The Morgan fingerprint density at radius 2 is 1.76 bits per heavy atom. The zero-order valence-corrected chi connectivity index (χ0v) is 11.6. The molecule has 1 unspecified atom stereocenters. The Kier molecular flexibility index (Phi) is 5.14. The third-order valence-electron chi connectivity index (χ3n) is 3.15. The Morgan fingerprint density at radius 3 is 2.29 bits per heavy atom. The van der Waals surface area contributed by atoms with Crippen LogP contribution in [-0.4, -0.2) is 61.8 Å². The minimum atomic E-state index is -1.44. The van der Waals surface area contributed by atoms with Gasteiger partial charge in [0.25, 0.3) is 5.69 Å². The Labute approximate surface area is 124 Å². The van der Waals surface area contributed by atoms with E-state index in [0.717, 1.165) is 11.8 Å². The molecule has 116 valence electrons. The fourth-order valence-electron chi connectivity index (χ4n) is 1.95. The highest BCUT2D eigenvalue weighted by Crippen LogP contribution is 2.33. The molecule has 5 atom stereocenters. The molecule has 0 bridgehead atoms. The van der Waals surface area contributed by atoms with Crippen molar-refractivity contribution in [2.75, 3.05) is 6.61 Å². The molecule has 0 saturated carbocycles. The van der Waals surface area contributed by atoms with E-state index in [1.807, 2.05) is 0 Å². The summed E-state index contributed by atoms with van der Waals surface area (Å²) < 4.78 is 5.33. The van der Waals surface area contributed by atoms with E-state index in [2.05, 4.69) is 0 Å². The smallest absolute Gasteiger partial charge is 0.269 e. The van der Waals surface area contributed by atoms with Crippen molar-refractivity contribution in [2.45, 2.75) is 34.7 Å². The van der Waals surface area contributed by atoms with Crippen LogP contribution in [0.5, 0.6) is 0 Å². The monoisotopic (exact) mass is 317 g/mol. The number of ether oxygens (including phenoxy) is 1. The summed E-state index contributed by atoms with van der Waals surface area (Å²) in [6, 6.07) is 5.60. The number of aliphatic hydroxyl groups is 4. The van der Waals surface area contributed by atoms with Gasteiger partial charge in [-0.05, 0) is 12.1 Å². The third-order valence-corrected chi connectivity index (χ3v) is 4.31. The van der Waals surface area contributed by atoms with Gasteiger partial charge in [0.1, 0.15) is 29.9 Å². The summed E-state index contributed by atoms with van der Waals surface area (Å²) in [5, 5.41) is 48.9. The molecule has 8 nitrogen and oxygen atoms in total. The van der Waals surface area contributed by atoms with Crippen LogP contribution in [0, 0.1) is 10.1 Å². The van der Waals surface area contributed by atoms with Crippen LogP contribution in [-0.2, 0) is 4.74 Å². The Morgan fingerprint density at radius 1 is 1.14 bits per heavy atom. The summed E-state index contributed by atoms with van der Waals surface area (Å²) >= 11 is 1.04. The van der Waals surface area contributed by atoms with Gasteiger partial charge in [0.2, 0.25) is 0 Å². The number of nitro benzene ring substituents is 1. The lowest BCUT2D eigenvalue weighted by molar-refractivity contribution is -0.384. The molecular weight excluding hydrogens is 302 g/mol. The Hall–Kier alpha value is -1.23. The molecule has 0 amide bonds. The van der Waals surface area contributed by atoms with E-state index >= 15 is 0 Å². The van der Waals surface area contributed by atoms with E-state index in [-0.39, 0.29) is 5.69 Å². The van der Waals surface area contributed by atoms with Gasteiger partial charge in [-0.3, -0.25) is 10.1 Å². The topological polar surface area (TPSA) is 133 Å². The normalized spacial score (nSPS) is 32.9. The number of nitrogens with zero attached hydrogens (tertiary/aromatic N) is 1. The molecule has 1 saturated heterocycles. The van der Waals surface area contributed by atoms with E-state index in [1.54, 1.807) is 0 Å². The predicted octanol–water partition coefficient (Wildman–Crippen LogP) is -0.513. The molecule has 1 aliphatic heterocycles. The second-order valence-electron chi connectivity index (χ2n) is 4.57. The quantitative estimate of drug-likeness (QED) is 0.431. The number of thioether (sulfide) groups is 1. The van der Waals surface area contributed by atoms with Crippen LogP contribution in [0.1, 0.15) is 0 Å². The molecule has 0 aliphatic carbocycles. The molecule has 4 N–H and O–H groups in total. The van der Waals surface area contributed by atoms with Gasteiger partial charge >= 0.3 is 0 Å². The number of rotatable bonds is 4. The maximum absolute atomic E-state index is 10.6. The summed E-state index contributed by atoms with van der Waals surface area (Å²) in [5.74, 6) is 0. The van der Waals surface area contributed by atoms with Crippen molar-refractivity contribution >= 4 is 17.4 Å². The lowest BCUT2D eigenvalue weighted by Crippen LogP contribution is -2.57. The van der Waals surface area contributed by atoms with Crippen molar-refractivity contribution in [2.24, 2.45) is 0 Å². The molecule has 1 aromatic rings. The zero-order valence-electron chi connectivity index (χ0n) is 10.8. The second kappa shape index (κ2) is 6.69. The van der Waals surface area contributed by atoms with Gasteiger partial charge in [0, 0.05) is 17.0 Å². The van der Waals surface area contributed by atoms with E-state index in [9.17, 15) is 25.4 Å². The van der Waals surface area contributed by atoms with Crippen molar-refractivity contribution in [3.05, 3.63) is 34.4 Å². The molecule has 0 aromatic heterocycles. The van der Waals surface area contributed by atoms with Gasteiger partial charge in [0.15, 0.2) is 0 Å². The summed E-state index contributed by atoms with van der Waals surface area (Å²) in [5.41, 5.74) is -0.963.